The van der Waals surface area contributed by atoms with Gasteiger partial charge < -0.3 is 16.4 Å². The number of ketones is 1. The van der Waals surface area contributed by atoms with Crippen LogP contribution in [0.25, 0.3) is 0 Å². The number of urea groups is 1. The van der Waals surface area contributed by atoms with Crippen LogP contribution in [-0.2, 0) is 20.8 Å². The average molecular weight is 318 g/mol. The SMILES string of the molecule is CC(=O)[C@H](N)Cc1ccc(NC(=O)[C@H]2CC(=O)NC(=O)N2)cc1. The fourth-order valence-corrected chi connectivity index (χ4v) is 2.12. The lowest BCUT2D eigenvalue weighted by atomic mass is 10.0. The van der Waals surface area contributed by atoms with Crippen LogP contribution < -0.4 is 21.7 Å². The normalized spacial score (nSPS) is 18.6. The van der Waals surface area contributed by atoms with E-state index in [-0.39, 0.29) is 12.2 Å². The van der Waals surface area contributed by atoms with E-state index in [1.807, 2.05) is 0 Å². The summed E-state index contributed by atoms with van der Waals surface area (Å²) in [6, 6.07) is 4.72. The van der Waals surface area contributed by atoms with Crippen LogP contribution in [-0.4, -0.2) is 35.7 Å². The van der Waals surface area contributed by atoms with Gasteiger partial charge in [0.15, 0.2) is 0 Å². The van der Waals surface area contributed by atoms with Gasteiger partial charge in [-0.25, -0.2) is 4.79 Å². The topological polar surface area (TPSA) is 130 Å². The Morgan fingerprint density at radius 3 is 2.52 bits per heavy atom. The van der Waals surface area contributed by atoms with Crippen LogP contribution >= 0.6 is 0 Å². The first-order valence-corrected chi connectivity index (χ1v) is 7.11. The van der Waals surface area contributed by atoms with Crippen molar-refractivity contribution in [3.63, 3.8) is 0 Å². The molecule has 1 fully saturated rings. The number of anilines is 1. The maximum atomic E-state index is 12.0. The van der Waals surface area contributed by atoms with E-state index in [2.05, 4.69) is 16.0 Å². The summed E-state index contributed by atoms with van der Waals surface area (Å²) in [6.07, 6.45) is 0.311. The number of Topliss-reactive ketones (excluding diaryl/α,β-unsaturated/α-hetero) is 1. The number of hydrogen-bond donors (Lipinski definition) is 4. The average Bonchev–Trinajstić information content (AvgIpc) is 2.48. The molecule has 0 aliphatic carbocycles. The molecule has 0 spiro atoms. The quantitative estimate of drug-likeness (QED) is 0.591. The highest BCUT2D eigenvalue weighted by Crippen LogP contribution is 2.12. The van der Waals surface area contributed by atoms with E-state index in [1.54, 1.807) is 24.3 Å². The lowest BCUT2D eigenvalue weighted by Crippen LogP contribution is -2.56. The van der Waals surface area contributed by atoms with Gasteiger partial charge in [-0.15, -0.1) is 0 Å². The Hall–Kier alpha value is -2.74. The van der Waals surface area contributed by atoms with Crippen LogP contribution in [0.2, 0.25) is 0 Å². The second-order valence-corrected chi connectivity index (χ2v) is 5.39. The zero-order valence-electron chi connectivity index (χ0n) is 12.6. The number of carbonyl (C=O) groups is 4. The number of rotatable bonds is 5. The van der Waals surface area contributed by atoms with Crippen molar-refractivity contribution in [1.29, 1.82) is 0 Å². The zero-order valence-corrected chi connectivity index (χ0v) is 12.6. The number of benzene rings is 1. The van der Waals surface area contributed by atoms with E-state index in [0.717, 1.165) is 5.56 Å². The van der Waals surface area contributed by atoms with Gasteiger partial charge in [0.2, 0.25) is 11.8 Å². The summed E-state index contributed by atoms with van der Waals surface area (Å²) < 4.78 is 0. The summed E-state index contributed by atoms with van der Waals surface area (Å²) in [5.74, 6) is -1.06. The molecule has 0 aromatic heterocycles. The highest BCUT2D eigenvalue weighted by atomic mass is 16.2. The lowest BCUT2D eigenvalue weighted by molar-refractivity contribution is -0.126. The number of nitrogens with two attached hydrogens (primary N) is 1. The molecule has 8 heteroatoms. The van der Waals surface area contributed by atoms with Gasteiger partial charge in [-0.1, -0.05) is 12.1 Å². The Bertz CT molecular complexity index is 625. The maximum Gasteiger partial charge on any atom is 0.322 e. The molecule has 122 valence electrons. The van der Waals surface area contributed by atoms with Crippen molar-refractivity contribution in [2.24, 2.45) is 5.73 Å². The molecule has 1 aliphatic rings. The van der Waals surface area contributed by atoms with Gasteiger partial charge in [0.05, 0.1) is 12.5 Å². The van der Waals surface area contributed by atoms with E-state index < -0.39 is 29.9 Å². The third-order valence-electron chi connectivity index (χ3n) is 3.46. The van der Waals surface area contributed by atoms with Gasteiger partial charge in [-0.3, -0.25) is 19.7 Å². The van der Waals surface area contributed by atoms with Gasteiger partial charge in [0, 0.05) is 5.69 Å². The molecule has 2 rings (SSSR count). The minimum Gasteiger partial charge on any atom is -0.325 e. The fraction of sp³-hybridized carbons (Fsp3) is 0.333. The summed E-state index contributed by atoms with van der Waals surface area (Å²) in [6.45, 7) is 1.44. The second-order valence-electron chi connectivity index (χ2n) is 5.39. The lowest BCUT2D eigenvalue weighted by Gasteiger charge is -2.22. The molecule has 1 aliphatic heterocycles. The Labute approximate surface area is 132 Å². The standard InChI is InChI=1S/C15H18N4O4/c1-8(20)11(16)6-9-2-4-10(5-3-9)17-14(22)12-7-13(21)19-15(23)18-12/h2-5,11-12H,6-7,16H2,1H3,(H,17,22)(H2,18,19,21,23)/t11-,12-/m1/s1. The van der Waals surface area contributed by atoms with Crippen molar-refractivity contribution in [3.05, 3.63) is 29.8 Å². The molecule has 1 aromatic carbocycles. The van der Waals surface area contributed by atoms with E-state index in [4.69, 9.17) is 5.73 Å². The first-order chi connectivity index (χ1) is 10.8. The number of nitrogens with one attached hydrogen (secondary N) is 3. The van der Waals surface area contributed by atoms with Gasteiger partial charge >= 0.3 is 6.03 Å². The van der Waals surface area contributed by atoms with E-state index in [9.17, 15) is 19.2 Å². The third-order valence-corrected chi connectivity index (χ3v) is 3.46. The van der Waals surface area contributed by atoms with Crippen molar-refractivity contribution >= 4 is 29.3 Å². The third kappa shape index (κ3) is 4.62. The molecule has 0 bridgehead atoms. The predicted molar refractivity (Wildman–Crippen MR) is 82.5 cm³/mol. The number of imide groups is 1. The van der Waals surface area contributed by atoms with Gasteiger partial charge in [0.25, 0.3) is 0 Å². The van der Waals surface area contributed by atoms with Crippen LogP contribution in [0.15, 0.2) is 24.3 Å². The number of carbonyl (C=O) groups excluding carboxylic acids is 4. The Morgan fingerprint density at radius 2 is 1.96 bits per heavy atom. The van der Waals surface area contributed by atoms with Crippen LogP contribution in [0.3, 0.4) is 0 Å². The van der Waals surface area contributed by atoms with Gasteiger partial charge in [0.1, 0.15) is 11.8 Å². The summed E-state index contributed by atoms with van der Waals surface area (Å²) in [7, 11) is 0. The first-order valence-electron chi connectivity index (χ1n) is 7.11. The van der Waals surface area contributed by atoms with Crippen molar-refractivity contribution < 1.29 is 19.2 Å². The Kier molecular flexibility index (Phi) is 5.07. The van der Waals surface area contributed by atoms with Crippen molar-refractivity contribution in [3.8, 4) is 0 Å². The second kappa shape index (κ2) is 7.01. The van der Waals surface area contributed by atoms with E-state index in [1.165, 1.54) is 6.92 Å². The molecule has 0 unspecified atom stereocenters. The molecule has 0 radical (unpaired) electrons. The molecule has 2 atom stereocenters. The molecule has 23 heavy (non-hydrogen) atoms. The summed E-state index contributed by atoms with van der Waals surface area (Å²) >= 11 is 0. The van der Waals surface area contributed by atoms with Gasteiger partial charge in [-0.2, -0.15) is 0 Å². The molecule has 0 saturated carbocycles. The monoisotopic (exact) mass is 318 g/mol. The van der Waals surface area contributed by atoms with Crippen LogP contribution in [0.1, 0.15) is 18.9 Å². The largest absolute Gasteiger partial charge is 0.325 e. The summed E-state index contributed by atoms with van der Waals surface area (Å²) in [4.78, 5) is 45.6. The van der Waals surface area contributed by atoms with Crippen molar-refractivity contribution in [2.45, 2.75) is 31.8 Å². The first kappa shape index (κ1) is 16.6. The maximum absolute atomic E-state index is 12.0. The highest BCUT2D eigenvalue weighted by molar-refractivity contribution is 6.05. The van der Waals surface area contributed by atoms with E-state index in [0.29, 0.717) is 12.1 Å². The fourth-order valence-electron chi connectivity index (χ4n) is 2.12. The number of hydrogen-bond acceptors (Lipinski definition) is 5. The van der Waals surface area contributed by atoms with Crippen molar-refractivity contribution in [1.82, 2.24) is 10.6 Å². The number of amides is 4. The van der Waals surface area contributed by atoms with Crippen LogP contribution in [0.5, 0.6) is 0 Å². The molecule has 4 amide bonds. The van der Waals surface area contributed by atoms with E-state index >= 15 is 0 Å². The molecular formula is C15H18N4O4. The van der Waals surface area contributed by atoms with Crippen LogP contribution in [0.4, 0.5) is 10.5 Å². The summed E-state index contributed by atoms with van der Waals surface area (Å²) in [5.41, 5.74) is 7.09. The Morgan fingerprint density at radius 1 is 1.30 bits per heavy atom. The zero-order chi connectivity index (χ0) is 17.0. The van der Waals surface area contributed by atoms with Gasteiger partial charge in [-0.05, 0) is 31.0 Å². The highest BCUT2D eigenvalue weighted by Gasteiger charge is 2.29. The Balaban J connectivity index is 1.95. The van der Waals surface area contributed by atoms with Crippen molar-refractivity contribution in [2.75, 3.05) is 5.32 Å². The van der Waals surface area contributed by atoms with Crippen LogP contribution in [0, 0.1) is 0 Å². The molecule has 5 N–H and O–H groups in total. The molecule has 8 nitrogen and oxygen atoms in total. The molecule has 1 saturated heterocycles. The minimum atomic E-state index is -0.901. The smallest absolute Gasteiger partial charge is 0.322 e. The summed E-state index contributed by atoms with van der Waals surface area (Å²) in [5, 5.41) is 7.06. The molecular weight excluding hydrogens is 300 g/mol. The minimum absolute atomic E-state index is 0.0892. The predicted octanol–water partition coefficient (Wildman–Crippen LogP) is -0.318. The molecule has 1 aromatic rings. The molecule has 1 heterocycles.